The Morgan fingerprint density at radius 1 is 1.08 bits per heavy atom. The van der Waals surface area contributed by atoms with Crippen LogP contribution in [0.15, 0.2) is 83.3 Å². The number of halogens is 1. The number of ether oxygens (including phenoxy) is 2. The van der Waals surface area contributed by atoms with Crippen LogP contribution in [0.4, 0.5) is 5.69 Å². The first-order valence-corrected chi connectivity index (χ1v) is 12.8. The van der Waals surface area contributed by atoms with Crippen molar-refractivity contribution < 1.29 is 19.1 Å². The second kappa shape index (κ2) is 9.87. The molecule has 37 heavy (non-hydrogen) atoms. The van der Waals surface area contributed by atoms with E-state index in [4.69, 9.17) is 9.47 Å². The van der Waals surface area contributed by atoms with Gasteiger partial charge >= 0.3 is 5.97 Å². The van der Waals surface area contributed by atoms with E-state index in [-0.39, 0.29) is 12.4 Å². The molecule has 0 radical (unpaired) electrons. The molecule has 3 aromatic rings. The maximum atomic E-state index is 14.4. The fraction of sp³-hybridized carbons (Fsp3) is 0.233. The number of nitrogens with zero attached hydrogens (tertiary/aromatic N) is 2. The summed E-state index contributed by atoms with van der Waals surface area (Å²) in [7, 11) is 1.56. The molecule has 0 N–H and O–H groups in total. The number of esters is 1. The van der Waals surface area contributed by atoms with E-state index in [1.165, 1.54) is 0 Å². The number of nitriles is 1. The van der Waals surface area contributed by atoms with Crippen LogP contribution in [-0.4, -0.2) is 37.6 Å². The van der Waals surface area contributed by atoms with Crippen LogP contribution in [0, 0.1) is 16.7 Å². The number of carbonyl (C=O) groups excluding carboxylic acids is 2. The second-order valence-electron chi connectivity index (χ2n) is 9.02. The minimum absolute atomic E-state index is 0.126. The number of benzene rings is 3. The molecule has 2 heterocycles. The molecule has 2 aliphatic heterocycles. The Balaban J connectivity index is 1.79. The number of ketones is 1. The molecular weight excluding hydrogens is 532 g/mol. The van der Waals surface area contributed by atoms with Crippen LogP contribution in [0.25, 0.3) is 6.08 Å². The number of Topliss-reactive ketones (excluding diaryl/α,β-unsaturated/α-hetero) is 1. The van der Waals surface area contributed by atoms with E-state index >= 15 is 0 Å². The van der Waals surface area contributed by atoms with E-state index in [2.05, 4.69) is 22.0 Å². The number of para-hydroxylation sites is 1. The summed E-state index contributed by atoms with van der Waals surface area (Å²) >= 11 is 3.49. The van der Waals surface area contributed by atoms with Crippen LogP contribution in [0.1, 0.15) is 34.3 Å². The number of fused-ring (bicyclic) bond motifs is 3. The van der Waals surface area contributed by atoms with E-state index in [9.17, 15) is 14.9 Å². The van der Waals surface area contributed by atoms with Crippen molar-refractivity contribution in [3.63, 3.8) is 0 Å². The lowest BCUT2D eigenvalue weighted by Crippen LogP contribution is -2.47. The monoisotopic (exact) mass is 556 g/mol. The lowest BCUT2D eigenvalue weighted by molar-refractivity contribution is -0.152. The SMILES string of the molecule is CCOC(=O)[C@]1(C#N)[C@H](c2ccccc2)[C@@H](C(=O)c2ccc(OC)c(Br)c2)N2c3ccccc3C=C[C@H]21. The molecule has 0 bridgehead atoms. The Bertz CT molecular complexity index is 1430. The Morgan fingerprint density at radius 2 is 1.81 bits per heavy atom. The fourth-order valence-electron chi connectivity index (χ4n) is 5.64. The summed E-state index contributed by atoms with van der Waals surface area (Å²) in [5, 5.41) is 10.8. The molecule has 0 spiro atoms. The summed E-state index contributed by atoms with van der Waals surface area (Å²) < 4.78 is 11.5. The van der Waals surface area contributed by atoms with Crippen LogP contribution in [-0.2, 0) is 9.53 Å². The van der Waals surface area contributed by atoms with Crippen molar-refractivity contribution in [1.82, 2.24) is 0 Å². The van der Waals surface area contributed by atoms with Crippen LogP contribution < -0.4 is 9.64 Å². The van der Waals surface area contributed by atoms with Crippen LogP contribution >= 0.6 is 15.9 Å². The third-order valence-corrected chi connectivity index (χ3v) is 7.83. The van der Waals surface area contributed by atoms with Gasteiger partial charge < -0.3 is 14.4 Å². The van der Waals surface area contributed by atoms with Crippen molar-refractivity contribution in [1.29, 1.82) is 5.26 Å². The number of methoxy groups -OCH3 is 1. The average Bonchev–Trinajstić information content (AvgIpc) is 3.25. The van der Waals surface area contributed by atoms with Gasteiger partial charge in [0.1, 0.15) is 11.8 Å². The molecule has 0 unspecified atom stereocenters. The Labute approximate surface area is 224 Å². The highest BCUT2D eigenvalue weighted by atomic mass is 79.9. The quantitative estimate of drug-likeness (QED) is 0.283. The predicted octanol–water partition coefficient (Wildman–Crippen LogP) is 5.78. The number of hydrogen-bond donors (Lipinski definition) is 0. The maximum Gasteiger partial charge on any atom is 0.329 e. The van der Waals surface area contributed by atoms with E-state index in [0.717, 1.165) is 16.8 Å². The van der Waals surface area contributed by atoms with Gasteiger partial charge in [0.05, 0.1) is 30.3 Å². The second-order valence-corrected chi connectivity index (χ2v) is 9.87. The number of carbonyl (C=O) groups is 2. The number of anilines is 1. The zero-order valence-electron chi connectivity index (χ0n) is 20.4. The molecule has 5 rings (SSSR count). The summed E-state index contributed by atoms with van der Waals surface area (Å²) in [5.41, 5.74) is 1.23. The summed E-state index contributed by atoms with van der Waals surface area (Å²) in [5.74, 6) is -1.01. The topological polar surface area (TPSA) is 79.6 Å². The van der Waals surface area contributed by atoms with E-state index in [1.54, 1.807) is 32.2 Å². The smallest absolute Gasteiger partial charge is 0.329 e. The molecule has 186 valence electrons. The zero-order chi connectivity index (χ0) is 26.2. The summed E-state index contributed by atoms with van der Waals surface area (Å²) in [6.45, 7) is 1.84. The number of rotatable bonds is 6. The minimum Gasteiger partial charge on any atom is -0.496 e. The molecule has 0 aromatic heterocycles. The molecule has 0 saturated carbocycles. The van der Waals surface area contributed by atoms with E-state index < -0.39 is 29.4 Å². The zero-order valence-corrected chi connectivity index (χ0v) is 22.0. The van der Waals surface area contributed by atoms with Gasteiger partial charge in [-0.25, -0.2) is 0 Å². The molecule has 1 saturated heterocycles. The summed E-state index contributed by atoms with van der Waals surface area (Å²) in [4.78, 5) is 30.1. The van der Waals surface area contributed by atoms with Crippen molar-refractivity contribution in [3.8, 4) is 11.8 Å². The Kier molecular flexibility index (Phi) is 6.61. The Morgan fingerprint density at radius 3 is 2.49 bits per heavy atom. The highest BCUT2D eigenvalue weighted by molar-refractivity contribution is 9.10. The van der Waals surface area contributed by atoms with Crippen LogP contribution in [0.3, 0.4) is 0 Å². The molecule has 6 nitrogen and oxygen atoms in total. The van der Waals surface area contributed by atoms with Crippen molar-refractivity contribution in [2.45, 2.75) is 24.9 Å². The normalized spacial score (nSPS) is 23.5. The lowest BCUT2D eigenvalue weighted by atomic mass is 9.68. The van der Waals surface area contributed by atoms with Crippen molar-refractivity contribution in [3.05, 3.63) is 100 Å². The first-order chi connectivity index (χ1) is 18.0. The van der Waals surface area contributed by atoms with Crippen molar-refractivity contribution in [2.75, 3.05) is 18.6 Å². The third-order valence-electron chi connectivity index (χ3n) is 7.21. The Hall–Kier alpha value is -3.89. The van der Waals surface area contributed by atoms with Gasteiger partial charge in [-0.15, -0.1) is 0 Å². The van der Waals surface area contributed by atoms with Gasteiger partial charge in [0.15, 0.2) is 11.2 Å². The predicted molar refractivity (Wildman–Crippen MR) is 144 cm³/mol. The molecular formula is C30H25BrN2O4. The van der Waals surface area contributed by atoms with Gasteiger partial charge in [0, 0.05) is 17.2 Å². The summed E-state index contributed by atoms with van der Waals surface area (Å²) in [6, 6.07) is 23.0. The highest BCUT2D eigenvalue weighted by Crippen LogP contribution is 2.56. The first-order valence-electron chi connectivity index (χ1n) is 12.0. The molecule has 2 aliphatic rings. The van der Waals surface area contributed by atoms with Gasteiger partial charge in [-0.3, -0.25) is 9.59 Å². The highest BCUT2D eigenvalue weighted by Gasteiger charge is 2.67. The largest absolute Gasteiger partial charge is 0.496 e. The van der Waals surface area contributed by atoms with Crippen molar-refractivity contribution >= 4 is 39.4 Å². The molecule has 4 atom stereocenters. The van der Waals surface area contributed by atoms with Gasteiger partial charge in [-0.05, 0) is 58.2 Å². The maximum absolute atomic E-state index is 14.4. The minimum atomic E-state index is -1.65. The van der Waals surface area contributed by atoms with Crippen molar-refractivity contribution in [2.24, 2.45) is 5.41 Å². The first kappa shape index (κ1) is 24.8. The van der Waals surface area contributed by atoms with Gasteiger partial charge in [-0.1, -0.05) is 60.7 Å². The molecule has 3 aromatic carbocycles. The van der Waals surface area contributed by atoms with Gasteiger partial charge in [-0.2, -0.15) is 5.26 Å². The standard InChI is InChI=1S/C30H25BrN2O4/c1-3-37-29(35)30(18-32)25-16-14-19-9-7-8-12-23(19)33(25)27(26(30)20-10-5-4-6-11-20)28(34)21-13-15-24(36-2)22(31)17-21/h4-17,25-27H,3H2,1-2H3/t25-,26+,27-,30-/m0/s1. The number of hydrogen-bond acceptors (Lipinski definition) is 6. The third kappa shape index (κ3) is 3.84. The molecule has 0 aliphatic carbocycles. The fourth-order valence-corrected chi connectivity index (χ4v) is 6.18. The molecule has 0 amide bonds. The van der Waals surface area contributed by atoms with Crippen LogP contribution in [0.2, 0.25) is 0 Å². The summed E-state index contributed by atoms with van der Waals surface area (Å²) in [6.07, 6.45) is 3.77. The van der Waals surface area contributed by atoms with Gasteiger partial charge in [0.25, 0.3) is 0 Å². The lowest BCUT2D eigenvalue weighted by Gasteiger charge is -2.36. The van der Waals surface area contributed by atoms with E-state index in [1.807, 2.05) is 71.6 Å². The van der Waals surface area contributed by atoms with Crippen LogP contribution in [0.5, 0.6) is 5.75 Å². The molecule has 7 heteroatoms. The van der Waals surface area contributed by atoms with E-state index in [0.29, 0.717) is 15.8 Å². The molecule has 1 fully saturated rings. The van der Waals surface area contributed by atoms with Gasteiger partial charge in [0.2, 0.25) is 0 Å². The average molecular weight is 557 g/mol.